The summed E-state index contributed by atoms with van der Waals surface area (Å²) >= 11 is 1.93. The number of fused-ring (bicyclic) bond motifs is 12. The van der Waals surface area contributed by atoms with Crippen LogP contribution in [0.5, 0.6) is 0 Å². The smallest absolute Gasteiger partial charge is 0.0761 e. The molecular weight excluding hydrogens is 817 g/mol. The quantitative estimate of drug-likeness (QED) is 0.150. The van der Waals surface area contributed by atoms with E-state index < -0.39 is 5.41 Å². The zero-order chi connectivity index (χ0) is 43.6. The first-order chi connectivity index (χ1) is 32.8. The van der Waals surface area contributed by atoms with Crippen LogP contribution in [-0.2, 0) is 5.41 Å². The molecule has 66 heavy (non-hydrogen) atoms. The van der Waals surface area contributed by atoms with Gasteiger partial charge in [-0.2, -0.15) is 0 Å². The van der Waals surface area contributed by atoms with Crippen LogP contribution in [0.4, 0.5) is 34.1 Å². The third-order valence-electron chi connectivity index (χ3n) is 13.6. The fraction of sp³-hybridized carbons (Fsp3) is 0.0159. The zero-order valence-corrected chi connectivity index (χ0v) is 36.9. The van der Waals surface area contributed by atoms with Gasteiger partial charge in [0, 0.05) is 43.6 Å². The Kier molecular flexibility index (Phi) is 8.97. The van der Waals surface area contributed by atoms with E-state index in [9.17, 15) is 0 Å². The van der Waals surface area contributed by atoms with Crippen LogP contribution in [0, 0.1) is 0 Å². The molecule has 1 unspecified atom stereocenters. The Morgan fingerprint density at radius 3 is 1.55 bits per heavy atom. The second-order valence-corrected chi connectivity index (χ2v) is 18.3. The third-order valence-corrected chi connectivity index (χ3v) is 14.8. The summed E-state index contributed by atoms with van der Waals surface area (Å²) in [6.45, 7) is 0. The normalized spacial score (nSPS) is 14.1. The van der Waals surface area contributed by atoms with Crippen molar-refractivity contribution in [2.45, 2.75) is 5.41 Å². The molecule has 0 radical (unpaired) electrons. The Bertz CT molecular complexity index is 3540. The maximum absolute atomic E-state index is 2.52. The minimum Gasteiger partial charge on any atom is -0.310 e. The summed E-state index contributed by atoms with van der Waals surface area (Å²) in [7, 11) is 0. The Balaban J connectivity index is 1.10. The lowest BCUT2D eigenvalue weighted by Crippen LogP contribution is -2.28. The van der Waals surface area contributed by atoms with Crippen LogP contribution in [0.3, 0.4) is 0 Å². The molecule has 1 heterocycles. The van der Waals surface area contributed by atoms with Crippen molar-refractivity contribution in [1.29, 1.82) is 0 Å². The molecule has 1 spiro atoms. The SMILES string of the molecule is c1ccc(-c2ccc(N(c3cccc(-c4ccccc4)c3)c3ccc4c(c3)C3(c5ccccc5-c5cccc(N(c6ccccc6)c6ccccc6)c53)c3c-4sc4ccccc34)cc2)cc1. The van der Waals surface area contributed by atoms with E-state index in [-0.39, 0.29) is 0 Å². The number of hydrogen-bond acceptors (Lipinski definition) is 3. The van der Waals surface area contributed by atoms with Crippen molar-refractivity contribution < 1.29 is 0 Å². The van der Waals surface area contributed by atoms with Crippen LogP contribution in [0.2, 0.25) is 0 Å². The van der Waals surface area contributed by atoms with Gasteiger partial charge in [-0.25, -0.2) is 0 Å². The highest BCUT2D eigenvalue weighted by molar-refractivity contribution is 7.22. The molecule has 2 nitrogen and oxygen atoms in total. The Morgan fingerprint density at radius 1 is 0.303 bits per heavy atom. The van der Waals surface area contributed by atoms with Crippen molar-refractivity contribution in [1.82, 2.24) is 0 Å². The van der Waals surface area contributed by atoms with Gasteiger partial charge in [-0.3, -0.25) is 0 Å². The predicted molar refractivity (Wildman–Crippen MR) is 278 cm³/mol. The topological polar surface area (TPSA) is 6.48 Å². The van der Waals surface area contributed by atoms with Crippen molar-refractivity contribution in [3.63, 3.8) is 0 Å². The van der Waals surface area contributed by atoms with Gasteiger partial charge < -0.3 is 9.80 Å². The van der Waals surface area contributed by atoms with E-state index in [1.54, 1.807) is 0 Å². The molecule has 2 aliphatic carbocycles. The molecule has 0 bridgehead atoms. The Labute approximate surface area is 389 Å². The van der Waals surface area contributed by atoms with Crippen molar-refractivity contribution >= 4 is 55.5 Å². The average molecular weight is 859 g/mol. The molecular formula is C63H42N2S. The molecule has 0 saturated carbocycles. The van der Waals surface area contributed by atoms with Crippen molar-refractivity contribution in [3.8, 4) is 43.8 Å². The monoisotopic (exact) mass is 858 g/mol. The molecule has 1 aromatic heterocycles. The first-order valence-corrected chi connectivity index (χ1v) is 23.5. The van der Waals surface area contributed by atoms with Gasteiger partial charge in [-0.05, 0) is 134 Å². The molecule has 310 valence electrons. The maximum atomic E-state index is 2.52. The van der Waals surface area contributed by atoms with Crippen LogP contribution in [0.1, 0.15) is 22.3 Å². The number of benzene rings is 10. The van der Waals surface area contributed by atoms with Gasteiger partial charge in [0.15, 0.2) is 0 Å². The number of rotatable bonds is 8. The van der Waals surface area contributed by atoms with Gasteiger partial charge in [0.2, 0.25) is 0 Å². The lowest BCUT2D eigenvalue weighted by molar-refractivity contribution is 0.801. The molecule has 11 aromatic rings. The molecule has 1 atom stereocenters. The molecule has 0 fully saturated rings. The average Bonchev–Trinajstić information content (AvgIpc) is 4.02. The van der Waals surface area contributed by atoms with Crippen molar-refractivity contribution in [2.24, 2.45) is 0 Å². The molecule has 0 saturated heterocycles. The Hall–Kier alpha value is -8.24. The van der Waals surface area contributed by atoms with Crippen LogP contribution in [-0.4, -0.2) is 0 Å². The van der Waals surface area contributed by atoms with Gasteiger partial charge in [-0.15, -0.1) is 11.3 Å². The lowest BCUT2D eigenvalue weighted by atomic mass is 9.69. The van der Waals surface area contributed by atoms with E-state index in [1.807, 2.05) is 11.3 Å². The fourth-order valence-electron chi connectivity index (χ4n) is 10.9. The highest BCUT2D eigenvalue weighted by Crippen LogP contribution is 2.68. The molecule has 0 N–H and O–H groups in total. The fourth-order valence-corrected chi connectivity index (χ4v) is 12.2. The predicted octanol–water partition coefficient (Wildman–Crippen LogP) is 17.5. The summed E-state index contributed by atoms with van der Waals surface area (Å²) < 4.78 is 1.31. The van der Waals surface area contributed by atoms with Gasteiger partial charge in [0.25, 0.3) is 0 Å². The first kappa shape index (κ1) is 38.2. The van der Waals surface area contributed by atoms with Crippen molar-refractivity contribution in [3.05, 3.63) is 277 Å². The minimum atomic E-state index is -0.640. The van der Waals surface area contributed by atoms with Crippen LogP contribution >= 0.6 is 11.3 Å². The number of thiophene rings is 1. The van der Waals surface area contributed by atoms with Gasteiger partial charge in [0.05, 0.1) is 11.1 Å². The molecule has 0 amide bonds. The molecule has 0 aliphatic heterocycles. The zero-order valence-electron chi connectivity index (χ0n) is 36.1. The summed E-state index contributed by atoms with van der Waals surface area (Å²) in [6.07, 6.45) is 0. The molecule has 10 aromatic carbocycles. The Morgan fingerprint density at radius 2 is 0.818 bits per heavy atom. The van der Waals surface area contributed by atoms with Crippen LogP contribution in [0.25, 0.3) is 53.9 Å². The first-order valence-electron chi connectivity index (χ1n) is 22.7. The highest BCUT2D eigenvalue weighted by Gasteiger charge is 2.55. The highest BCUT2D eigenvalue weighted by atomic mass is 32.1. The summed E-state index contributed by atoms with van der Waals surface area (Å²) in [5.41, 5.74) is 20.0. The van der Waals surface area contributed by atoms with Gasteiger partial charge in [0.1, 0.15) is 0 Å². The molecule has 3 heteroatoms. The summed E-state index contributed by atoms with van der Waals surface area (Å²) in [5, 5.41) is 1.31. The van der Waals surface area contributed by atoms with Crippen molar-refractivity contribution in [2.75, 3.05) is 9.80 Å². The number of hydrogen-bond donors (Lipinski definition) is 0. The lowest BCUT2D eigenvalue weighted by Gasteiger charge is -2.36. The van der Waals surface area contributed by atoms with E-state index in [2.05, 4.69) is 265 Å². The summed E-state index contributed by atoms with van der Waals surface area (Å²) in [4.78, 5) is 6.26. The van der Waals surface area contributed by atoms with E-state index in [4.69, 9.17) is 0 Å². The largest absolute Gasteiger partial charge is 0.310 e. The second-order valence-electron chi connectivity index (χ2n) is 17.2. The van der Waals surface area contributed by atoms with E-state index in [0.29, 0.717) is 0 Å². The maximum Gasteiger partial charge on any atom is 0.0761 e. The summed E-state index contributed by atoms with van der Waals surface area (Å²) in [6, 6.07) is 93.6. The second kappa shape index (κ2) is 15.5. The van der Waals surface area contributed by atoms with Gasteiger partial charge >= 0.3 is 0 Å². The van der Waals surface area contributed by atoms with E-state index in [1.165, 1.54) is 81.8 Å². The minimum absolute atomic E-state index is 0.640. The van der Waals surface area contributed by atoms with Crippen LogP contribution in [0.15, 0.2) is 255 Å². The molecule has 13 rings (SSSR count). The molecule has 2 aliphatic rings. The number of nitrogens with zero attached hydrogens (tertiary/aromatic N) is 2. The van der Waals surface area contributed by atoms with Gasteiger partial charge in [-0.1, -0.05) is 182 Å². The number of anilines is 6. The van der Waals surface area contributed by atoms with E-state index in [0.717, 1.165) is 28.4 Å². The van der Waals surface area contributed by atoms with Crippen LogP contribution < -0.4 is 9.80 Å². The standard InChI is InChI=1S/C63H42N2S/c1-5-19-43(20-6-1)45-35-37-49(38-36-45)64(50-28-17-23-46(41-50)44-21-7-2-8-22-44)51-39-40-54-57(42-51)63(61-55-30-14-16-34-59(55)66-62(54)61)56-32-15-13-29-52(56)53-31-18-33-58(60(53)63)65(47-24-9-3-10-25-47)48-26-11-4-12-27-48/h1-42H. The van der Waals surface area contributed by atoms with E-state index >= 15 is 0 Å². The summed E-state index contributed by atoms with van der Waals surface area (Å²) in [5.74, 6) is 0. The number of para-hydroxylation sites is 2. The third kappa shape index (κ3) is 5.87.